The van der Waals surface area contributed by atoms with E-state index in [0.29, 0.717) is 32.0 Å². The van der Waals surface area contributed by atoms with Crippen molar-refractivity contribution < 1.29 is 14.0 Å². The molecule has 0 spiro atoms. The molecule has 0 saturated heterocycles. The molecule has 1 aromatic heterocycles. The van der Waals surface area contributed by atoms with E-state index in [-0.39, 0.29) is 23.5 Å². The second-order valence-corrected chi connectivity index (χ2v) is 6.15. The molecule has 1 aliphatic heterocycles. The molecular weight excluding hydrogens is 346 g/mol. The zero-order valence-corrected chi connectivity index (χ0v) is 15.1. The Kier molecular flexibility index (Phi) is 6.09. The zero-order chi connectivity index (χ0) is 19.1. The number of carbonyl (C=O) groups excluding carboxylic acids is 2. The van der Waals surface area contributed by atoms with Crippen molar-refractivity contribution >= 4 is 23.5 Å². The minimum absolute atomic E-state index is 0.0177. The summed E-state index contributed by atoms with van der Waals surface area (Å²) in [4.78, 5) is 27.9. The Morgan fingerprint density at radius 1 is 1.19 bits per heavy atom. The lowest BCUT2D eigenvalue weighted by atomic mass is 9.90. The number of nitrogens with zero attached hydrogens (tertiary/aromatic N) is 1. The third kappa shape index (κ3) is 4.87. The van der Waals surface area contributed by atoms with Gasteiger partial charge in [-0.1, -0.05) is 18.2 Å². The van der Waals surface area contributed by atoms with Crippen molar-refractivity contribution in [1.29, 1.82) is 0 Å². The Bertz CT molecular complexity index is 817. The SMILES string of the molecule is CN=C(NCCNC(=O)c1ccco1)NCC1CC(=O)Nc2ccccc21. The van der Waals surface area contributed by atoms with Gasteiger partial charge in [0.05, 0.1) is 6.26 Å². The maximum Gasteiger partial charge on any atom is 0.287 e. The summed E-state index contributed by atoms with van der Waals surface area (Å²) in [7, 11) is 1.68. The number of guanidine groups is 1. The van der Waals surface area contributed by atoms with Gasteiger partial charge in [0.25, 0.3) is 5.91 Å². The summed E-state index contributed by atoms with van der Waals surface area (Å²) in [5.74, 6) is 0.739. The van der Waals surface area contributed by atoms with Crippen molar-refractivity contribution in [3.05, 3.63) is 54.0 Å². The molecule has 8 nitrogen and oxygen atoms in total. The largest absolute Gasteiger partial charge is 0.459 e. The molecule has 0 radical (unpaired) electrons. The molecule has 2 heterocycles. The van der Waals surface area contributed by atoms with E-state index in [1.807, 2.05) is 24.3 Å². The van der Waals surface area contributed by atoms with Crippen LogP contribution in [0.4, 0.5) is 5.69 Å². The molecule has 142 valence electrons. The molecule has 1 aromatic carbocycles. The maximum absolute atomic E-state index is 11.9. The summed E-state index contributed by atoms with van der Waals surface area (Å²) in [6.07, 6.45) is 1.89. The van der Waals surface area contributed by atoms with Crippen molar-refractivity contribution in [2.45, 2.75) is 12.3 Å². The molecule has 1 unspecified atom stereocenters. The normalized spacial score (nSPS) is 16.3. The number of benzene rings is 1. The van der Waals surface area contributed by atoms with Crippen LogP contribution in [-0.2, 0) is 4.79 Å². The van der Waals surface area contributed by atoms with Crippen LogP contribution in [0.1, 0.15) is 28.5 Å². The molecule has 1 aliphatic rings. The lowest BCUT2D eigenvalue weighted by Gasteiger charge is -2.26. The topological polar surface area (TPSA) is 108 Å². The van der Waals surface area contributed by atoms with Gasteiger partial charge in [-0.05, 0) is 23.8 Å². The van der Waals surface area contributed by atoms with Crippen LogP contribution in [0.25, 0.3) is 0 Å². The van der Waals surface area contributed by atoms with Crippen LogP contribution in [0.5, 0.6) is 0 Å². The quantitative estimate of drug-likeness (QED) is 0.349. The molecule has 0 bridgehead atoms. The first-order valence-corrected chi connectivity index (χ1v) is 8.82. The fourth-order valence-electron chi connectivity index (χ4n) is 2.98. The van der Waals surface area contributed by atoms with E-state index in [1.165, 1.54) is 6.26 Å². The summed E-state index contributed by atoms with van der Waals surface area (Å²) < 4.78 is 5.04. The highest BCUT2D eigenvalue weighted by molar-refractivity contribution is 5.95. The fourth-order valence-corrected chi connectivity index (χ4v) is 2.98. The third-order valence-corrected chi connectivity index (χ3v) is 4.29. The Morgan fingerprint density at radius 2 is 2.00 bits per heavy atom. The van der Waals surface area contributed by atoms with E-state index >= 15 is 0 Å². The maximum atomic E-state index is 11.9. The van der Waals surface area contributed by atoms with Gasteiger partial charge in [0.15, 0.2) is 11.7 Å². The smallest absolute Gasteiger partial charge is 0.287 e. The lowest BCUT2D eigenvalue weighted by Crippen LogP contribution is -2.43. The summed E-state index contributed by atoms with van der Waals surface area (Å²) in [5, 5.41) is 12.0. The standard InChI is InChI=1S/C19H23N5O3/c1-20-19(22-9-8-21-18(26)16-7-4-10-27-16)23-12-13-11-17(25)24-15-6-3-2-5-14(13)15/h2-7,10,13H,8-9,11-12H2,1H3,(H,21,26)(H,24,25)(H2,20,22,23). The van der Waals surface area contributed by atoms with Gasteiger partial charge in [-0.15, -0.1) is 0 Å². The highest BCUT2D eigenvalue weighted by Gasteiger charge is 2.24. The van der Waals surface area contributed by atoms with E-state index in [9.17, 15) is 9.59 Å². The highest BCUT2D eigenvalue weighted by atomic mass is 16.3. The third-order valence-electron chi connectivity index (χ3n) is 4.29. The molecule has 4 N–H and O–H groups in total. The van der Waals surface area contributed by atoms with Gasteiger partial charge in [-0.2, -0.15) is 0 Å². The Hall–Kier alpha value is -3.29. The number of rotatable bonds is 6. The molecule has 0 aliphatic carbocycles. The van der Waals surface area contributed by atoms with Crippen LogP contribution in [-0.4, -0.2) is 44.5 Å². The van der Waals surface area contributed by atoms with Crippen LogP contribution < -0.4 is 21.3 Å². The molecule has 1 atom stereocenters. The van der Waals surface area contributed by atoms with Gasteiger partial charge in [-0.3, -0.25) is 14.6 Å². The first-order chi connectivity index (χ1) is 13.2. The first kappa shape index (κ1) is 18.5. The van der Waals surface area contributed by atoms with E-state index < -0.39 is 0 Å². The lowest BCUT2D eigenvalue weighted by molar-refractivity contribution is -0.116. The zero-order valence-electron chi connectivity index (χ0n) is 15.1. The number of hydrogen-bond donors (Lipinski definition) is 4. The van der Waals surface area contributed by atoms with Crippen LogP contribution in [0.2, 0.25) is 0 Å². The minimum atomic E-state index is -0.255. The first-order valence-electron chi connectivity index (χ1n) is 8.82. The Morgan fingerprint density at radius 3 is 2.78 bits per heavy atom. The number of nitrogens with one attached hydrogen (secondary N) is 4. The van der Waals surface area contributed by atoms with Crippen LogP contribution in [0.3, 0.4) is 0 Å². The average Bonchev–Trinajstić information content (AvgIpc) is 3.22. The van der Waals surface area contributed by atoms with Gasteiger partial charge < -0.3 is 25.7 Å². The molecule has 0 saturated carbocycles. The molecule has 8 heteroatoms. The van der Waals surface area contributed by atoms with Gasteiger partial charge >= 0.3 is 0 Å². The molecule has 2 amide bonds. The molecular formula is C19H23N5O3. The Labute approximate surface area is 157 Å². The van der Waals surface area contributed by atoms with E-state index in [4.69, 9.17) is 4.42 Å². The minimum Gasteiger partial charge on any atom is -0.459 e. The predicted octanol–water partition coefficient (Wildman–Crippen LogP) is 1.30. The van der Waals surface area contributed by atoms with E-state index in [1.54, 1.807) is 19.2 Å². The molecule has 0 fully saturated rings. The summed E-state index contributed by atoms with van der Waals surface area (Å²) in [5.41, 5.74) is 1.98. The molecule has 3 rings (SSSR count). The van der Waals surface area contributed by atoms with E-state index in [2.05, 4.69) is 26.3 Å². The van der Waals surface area contributed by atoms with Crippen molar-refractivity contribution in [3.63, 3.8) is 0 Å². The van der Waals surface area contributed by atoms with Gasteiger partial charge in [0.2, 0.25) is 5.91 Å². The fraction of sp³-hybridized carbons (Fsp3) is 0.316. The van der Waals surface area contributed by atoms with Crippen LogP contribution >= 0.6 is 0 Å². The summed E-state index contributed by atoms with van der Waals surface area (Å²) in [6, 6.07) is 11.1. The van der Waals surface area contributed by atoms with Crippen molar-refractivity contribution in [3.8, 4) is 0 Å². The second kappa shape index (κ2) is 8.88. The molecule has 2 aromatic rings. The molecule has 27 heavy (non-hydrogen) atoms. The van der Waals surface area contributed by atoms with Gasteiger partial charge in [0.1, 0.15) is 0 Å². The number of hydrogen-bond acceptors (Lipinski definition) is 4. The Balaban J connectivity index is 1.44. The number of aliphatic imine (C=N–C) groups is 1. The van der Waals surface area contributed by atoms with Gasteiger partial charge in [-0.25, -0.2) is 0 Å². The second-order valence-electron chi connectivity index (χ2n) is 6.15. The number of furan rings is 1. The predicted molar refractivity (Wildman–Crippen MR) is 103 cm³/mol. The monoisotopic (exact) mass is 369 g/mol. The van der Waals surface area contributed by atoms with Crippen molar-refractivity contribution in [2.24, 2.45) is 4.99 Å². The van der Waals surface area contributed by atoms with Crippen LogP contribution in [0.15, 0.2) is 52.1 Å². The number of anilines is 1. The van der Waals surface area contributed by atoms with E-state index in [0.717, 1.165) is 11.3 Å². The average molecular weight is 369 g/mol. The summed E-state index contributed by atoms with van der Waals surface area (Å²) in [6.45, 7) is 1.52. The number of carbonyl (C=O) groups is 2. The van der Waals surface area contributed by atoms with Gasteiger partial charge in [0, 0.05) is 44.7 Å². The van der Waals surface area contributed by atoms with Crippen LogP contribution in [0, 0.1) is 0 Å². The van der Waals surface area contributed by atoms with Crippen molar-refractivity contribution in [1.82, 2.24) is 16.0 Å². The highest BCUT2D eigenvalue weighted by Crippen LogP contribution is 2.31. The number of amides is 2. The number of para-hydroxylation sites is 1. The van der Waals surface area contributed by atoms with Crippen molar-refractivity contribution in [2.75, 3.05) is 32.0 Å². The number of fused-ring (bicyclic) bond motifs is 1. The summed E-state index contributed by atoms with van der Waals surface area (Å²) >= 11 is 0.